The third-order valence-electron chi connectivity index (χ3n) is 1.36. The summed E-state index contributed by atoms with van der Waals surface area (Å²) in [7, 11) is 0. The first-order valence-corrected chi connectivity index (χ1v) is 3.40. The Kier molecular flexibility index (Phi) is 2.10. The fourth-order valence-corrected chi connectivity index (χ4v) is 0.773. The van der Waals surface area contributed by atoms with Crippen molar-refractivity contribution in [1.29, 1.82) is 0 Å². The number of carbonyl (C=O) groups excluding carboxylic acids is 1. The molecule has 1 rings (SSSR count). The molecule has 0 aromatic carbocycles. The van der Waals surface area contributed by atoms with Gasteiger partial charge in [-0.15, -0.1) is 0 Å². The molecule has 0 aliphatic rings. The Morgan fingerprint density at radius 2 is 2.27 bits per heavy atom. The summed E-state index contributed by atoms with van der Waals surface area (Å²) in [6.45, 7) is 3.17. The van der Waals surface area contributed by atoms with Crippen LogP contribution in [0.5, 0.6) is 0 Å². The first kappa shape index (κ1) is 8.01. The minimum Gasteiger partial charge on any atom is -0.458 e. The van der Waals surface area contributed by atoms with Gasteiger partial charge in [0.2, 0.25) is 5.78 Å². The van der Waals surface area contributed by atoms with Crippen LogP contribution in [0.15, 0.2) is 16.5 Å². The Balaban J connectivity index is 2.85. The number of Topliss-reactive ketones (excluding diaryl/α,β-unsaturated/α-hetero) is 1. The van der Waals surface area contributed by atoms with Gasteiger partial charge in [0, 0.05) is 0 Å². The van der Waals surface area contributed by atoms with Crippen molar-refractivity contribution in [1.82, 2.24) is 0 Å². The van der Waals surface area contributed by atoms with Crippen LogP contribution in [0.2, 0.25) is 0 Å². The number of rotatable bonds is 2. The van der Waals surface area contributed by atoms with E-state index in [9.17, 15) is 4.79 Å². The van der Waals surface area contributed by atoms with Crippen LogP contribution >= 0.6 is 0 Å². The molecule has 11 heavy (non-hydrogen) atoms. The van der Waals surface area contributed by atoms with Crippen LogP contribution in [0.3, 0.4) is 0 Å². The Morgan fingerprint density at radius 1 is 1.64 bits per heavy atom. The van der Waals surface area contributed by atoms with Gasteiger partial charge in [0.15, 0.2) is 5.76 Å². The first-order chi connectivity index (χ1) is 5.11. The number of furan rings is 1. The molecule has 1 aromatic heterocycles. The van der Waals surface area contributed by atoms with Gasteiger partial charge < -0.3 is 9.52 Å². The van der Waals surface area contributed by atoms with E-state index in [1.54, 1.807) is 19.1 Å². The van der Waals surface area contributed by atoms with E-state index in [4.69, 9.17) is 9.52 Å². The second-order valence-corrected chi connectivity index (χ2v) is 2.45. The molecule has 0 aliphatic carbocycles. The molecule has 1 heterocycles. The SMILES string of the molecule is Cc1ccc(C(=O)[C@H](C)O)o1. The van der Waals surface area contributed by atoms with Crippen molar-refractivity contribution in [3.05, 3.63) is 23.7 Å². The third-order valence-corrected chi connectivity index (χ3v) is 1.36. The van der Waals surface area contributed by atoms with E-state index < -0.39 is 6.10 Å². The molecule has 1 atom stereocenters. The molecule has 1 N–H and O–H groups in total. The molecule has 0 amide bonds. The lowest BCUT2D eigenvalue weighted by molar-refractivity contribution is 0.0749. The summed E-state index contributed by atoms with van der Waals surface area (Å²) in [5, 5.41) is 8.87. The molecule has 3 heteroatoms. The van der Waals surface area contributed by atoms with Crippen molar-refractivity contribution in [3.8, 4) is 0 Å². The summed E-state index contributed by atoms with van der Waals surface area (Å²) < 4.78 is 5.00. The fourth-order valence-electron chi connectivity index (χ4n) is 0.773. The number of aryl methyl sites for hydroxylation is 1. The average molecular weight is 154 g/mol. The molecule has 3 nitrogen and oxygen atoms in total. The first-order valence-electron chi connectivity index (χ1n) is 3.40. The molecule has 0 saturated heterocycles. The predicted octanol–water partition coefficient (Wildman–Crippen LogP) is 1.15. The largest absolute Gasteiger partial charge is 0.458 e. The van der Waals surface area contributed by atoms with E-state index >= 15 is 0 Å². The smallest absolute Gasteiger partial charge is 0.226 e. The Bertz CT molecular complexity index is 260. The second-order valence-electron chi connectivity index (χ2n) is 2.45. The molecule has 60 valence electrons. The molecule has 0 spiro atoms. The van der Waals surface area contributed by atoms with Gasteiger partial charge in [-0.2, -0.15) is 0 Å². The monoisotopic (exact) mass is 154 g/mol. The maximum absolute atomic E-state index is 11.0. The Morgan fingerprint density at radius 3 is 2.64 bits per heavy atom. The highest BCUT2D eigenvalue weighted by Gasteiger charge is 2.14. The zero-order valence-electron chi connectivity index (χ0n) is 6.50. The van der Waals surface area contributed by atoms with Crippen molar-refractivity contribution < 1.29 is 14.3 Å². The quantitative estimate of drug-likeness (QED) is 0.650. The molecule has 0 aliphatic heterocycles. The lowest BCUT2D eigenvalue weighted by Gasteiger charge is -1.97. The highest BCUT2D eigenvalue weighted by atomic mass is 16.4. The van der Waals surface area contributed by atoms with Crippen molar-refractivity contribution >= 4 is 5.78 Å². The lowest BCUT2D eigenvalue weighted by Crippen LogP contribution is -2.14. The number of aliphatic hydroxyl groups is 1. The summed E-state index contributed by atoms with van der Waals surface area (Å²) in [6, 6.07) is 3.25. The fraction of sp³-hybridized carbons (Fsp3) is 0.375. The number of carbonyl (C=O) groups is 1. The minimum absolute atomic E-state index is 0.220. The van der Waals surface area contributed by atoms with Gasteiger partial charge in [-0.25, -0.2) is 0 Å². The third kappa shape index (κ3) is 1.68. The van der Waals surface area contributed by atoms with Gasteiger partial charge >= 0.3 is 0 Å². The van der Waals surface area contributed by atoms with Crippen molar-refractivity contribution in [3.63, 3.8) is 0 Å². The van der Waals surface area contributed by atoms with Crippen molar-refractivity contribution in [2.75, 3.05) is 0 Å². The standard InChI is InChI=1S/C8H10O3/c1-5-3-4-7(11-5)8(10)6(2)9/h3-4,6,9H,1-2H3/t6-/m0/s1. The topological polar surface area (TPSA) is 50.4 Å². The molecule has 0 bridgehead atoms. The molecule has 0 saturated carbocycles. The van der Waals surface area contributed by atoms with Gasteiger partial charge in [-0.1, -0.05) is 0 Å². The summed E-state index contributed by atoms with van der Waals surface area (Å²) in [6.07, 6.45) is -0.986. The van der Waals surface area contributed by atoms with Crippen LogP contribution in [0.1, 0.15) is 23.2 Å². The summed E-state index contributed by atoms with van der Waals surface area (Å²) >= 11 is 0. The second kappa shape index (κ2) is 2.88. The van der Waals surface area contributed by atoms with Gasteiger partial charge in [-0.05, 0) is 26.0 Å². The molecule has 0 unspecified atom stereocenters. The molecule has 0 fully saturated rings. The van der Waals surface area contributed by atoms with Gasteiger partial charge in [-0.3, -0.25) is 4.79 Å². The zero-order chi connectivity index (χ0) is 8.43. The van der Waals surface area contributed by atoms with Crippen LogP contribution in [0, 0.1) is 6.92 Å². The van der Waals surface area contributed by atoms with Gasteiger partial charge in [0.1, 0.15) is 11.9 Å². The zero-order valence-corrected chi connectivity index (χ0v) is 6.50. The number of hydrogen-bond acceptors (Lipinski definition) is 3. The maximum Gasteiger partial charge on any atom is 0.226 e. The molecular formula is C8H10O3. The lowest BCUT2D eigenvalue weighted by atomic mass is 10.2. The maximum atomic E-state index is 11.0. The average Bonchev–Trinajstić information content (AvgIpc) is 2.34. The van der Waals surface area contributed by atoms with Crippen LogP contribution in [-0.4, -0.2) is 17.0 Å². The van der Waals surface area contributed by atoms with Crippen molar-refractivity contribution in [2.24, 2.45) is 0 Å². The highest BCUT2D eigenvalue weighted by molar-refractivity contribution is 5.96. The van der Waals surface area contributed by atoms with E-state index in [-0.39, 0.29) is 11.5 Å². The normalized spacial score (nSPS) is 13.0. The molecular weight excluding hydrogens is 144 g/mol. The highest BCUT2D eigenvalue weighted by Crippen LogP contribution is 2.08. The number of hydrogen-bond donors (Lipinski definition) is 1. The van der Waals surface area contributed by atoms with E-state index in [0.717, 1.165) is 0 Å². The van der Waals surface area contributed by atoms with Crippen LogP contribution in [0.25, 0.3) is 0 Å². The molecule has 0 radical (unpaired) electrons. The van der Waals surface area contributed by atoms with E-state index in [2.05, 4.69) is 0 Å². The minimum atomic E-state index is -0.986. The van der Waals surface area contributed by atoms with Crippen LogP contribution in [-0.2, 0) is 0 Å². The summed E-state index contributed by atoms with van der Waals surface area (Å²) in [5.41, 5.74) is 0. The van der Waals surface area contributed by atoms with Crippen LogP contribution in [0.4, 0.5) is 0 Å². The van der Waals surface area contributed by atoms with Crippen LogP contribution < -0.4 is 0 Å². The summed E-state index contributed by atoms with van der Waals surface area (Å²) in [4.78, 5) is 11.0. The Hall–Kier alpha value is -1.09. The molecule has 1 aromatic rings. The van der Waals surface area contributed by atoms with Crippen molar-refractivity contribution in [2.45, 2.75) is 20.0 Å². The van der Waals surface area contributed by atoms with Gasteiger partial charge in [0.25, 0.3) is 0 Å². The van der Waals surface area contributed by atoms with E-state index in [1.807, 2.05) is 0 Å². The Labute approximate surface area is 64.6 Å². The number of ketones is 1. The van der Waals surface area contributed by atoms with Gasteiger partial charge in [0.05, 0.1) is 0 Å². The predicted molar refractivity (Wildman–Crippen MR) is 39.5 cm³/mol. The number of aliphatic hydroxyl groups excluding tert-OH is 1. The summed E-state index contributed by atoms with van der Waals surface area (Å²) in [5.74, 6) is 0.518. The van der Waals surface area contributed by atoms with E-state index in [1.165, 1.54) is 6.92 Å². The van der Waals surface area contributed by atoms with E-state index in [0.29, 0.717) is 5.76 Å².